The van der Waals surface area contributed by atoms with Gasteiger partial charge in [-0.25, -0.2) is 9.59 Å². The predicted octanol–water partition coefficient (Wildman–Crippen LogP) is 2.64. The fourth-order valence-electron chi connectivity index (χ4n) is 2.81. The molecule has 0 aromatic heterocycles. The van der Waals surface area contributed by atoms with Gasteiger partial charge in [-0.1, -0.05) is 42.5 Å². The highest BCUT2D eigenvalue weighted by Gasteiger charge is 2.32. The van der Waals surface area contributed by atoms with Crippen molar-refractivity contribution in [2.24, 2.45) is 0 Å². The number of urea groups is 1. The second kappa shape index (κ2) is 5.52. The van der Waals surface area contributed by atoms with Gasteiger partial charge in [-0.2, -0.15) is 0 Å². The van der Waals surface area contributed by atoms with E-state index in [9.17, 15) is 9.59 Å². The number of carbonyl (C=O) groups is 2. The molecule has 112 valence electrons. The molecule has 0 saturated heterocycles. The number of nitrogens with one attached hydrogen (secondary N) is 2. The molecular weight excluding hydrogens is 280 g/mol. The van der Waals surface area contributed by atoms with Crippen LogP contribution in [0.4, 0.5) is 4.79 Å². The highest BCUT2D eigenvalue weighted by Crippen LogP contribution is 2.32. The zero-order valence-corrected chi connectivity index (χ0v) is 12.3. The molecule has 0 bridgehead atoms. The van der Waals surface area contributed by atoms with Gasteiger partial charge < -0.3 is 15.4 Å². The van der Waals surface area contributed by atoms with Gasteiger partial charge in [0.05, 0.1) is 18.7 Å². The number of amides is 2. The fraction of sp³-hybridized carbons (Fsp3) is 0.176. The molecule has 0 radical (unpaired) electrons. The van der Waals surface area contributed by atoms with Crippen LogP contribution in [0, 0.1) is 0 Å². The van der Waals surface area contributed by atoms with Crippen LogP contribution in [-0.2, 0) is 9.53 Å². The molecule has 2 aromatic carbocycles. The number of hydrogen-bond acceptors (Lipinski definition) is 3. The van der Waals surface area contributed by atoms with E-state index >= 15 is 0 Å². The number of hydrogen-bond donors (Lipinski definition) is 2. The molecule has 0 aliphatic carbocycles. The van der Waals surface area contributed by atoms with Gasteiger partial charge in [0.15, 0.2) is 0 Å². The molecule has 0 spiro atoms. The Morgan fingerprint density at radius 1 is 1.14 bits per heavy atom. The number of benzene rings is 2. The smallest absolute Gasteiger partial charge is 0.337 e. The van der Waals surface area contributed by atoms with E-state index in [1.807, 2.05) is 42.5 Å². The Kier molecular flexibility index (Phi) is 3.55. The van der Waals surface area contributed by atoms with Gasteiger partial charge in [-0.3, -0.25) is 0 Å². The van der Waals surface area contributed by atoms with Gasteiger partial charge in [0.1, 0.15) is 0 Å². The molecule has 1 aliphatic rings. The van der Waals surface area contributed by atoms with E-state index in [-0.39, 0.29) is 6.03 Å². The maximum Gasteiger partial charge on any atom is 0.337 e. The molecule has 2 amide bonds. The summed E-state index contributed by atoms with van der Waals surface area (Å²) in [5.74, 6) is -0.456. The number of fused-ring (bicyclic) bond motifs is 1. The average Bonchev–Trinajstić information content (AvgIpc) is 2.53. The maximum atomic E-state index is 12.1. The Morgan fingerprint density at radius 3 is 2.64 bits per heavy atom. The fourth-order valence-corrected chi connectivity index (χ4v) is 2.81. The third kappa shape index (κ3) is 2.30. The lowest BCUT2D eigenvalue weighted by Gasteiger charge is -2.28. The first-order valence-corrected chi connectivity index (χ1v) is 6.96. The number of allylic oxidation sites excluding steroid dienone is 1. The molecule has 2 N–H and O–H groups in total. The maximum absolute atomic E-state index is 12.1. The monoisotopic (exact) mass is 296 g/mol. The van der Waals surface area contributed by atoms with Gasteiger partial charge >= 0.3 is 12.0 Å². The zero-order valence-electron chi connectivity index (χ0n) is 12.3. The third-order valence-electron chi connectivity index (χ3n) is 3.81. The minimum atomic E-state index is -0.535. The van der Waals surface area contributed by atoms with Crippen molar-refractivity contribution in [3.63, 3.8) is 0 Å². The van der Waals surface area contributed by atoms with E-state index in [4.69, 9.17) is 4.74 Å². The zero-order chi connectivity index (χ0) is 15.7. The van der Waals surface area contributed by atoms with E-state index in [2.05, 4.69) is 10.6 Å². The molecule has 22 heavy (non-hydrogen) atoms. The quantitative estimate of drug-likeness (QED) is 0.837. The highest BCUT2D eigenvalue weighted by molar-refractivity contribution is 5.97. The molecule has 5 nitrogen and oxygen atoms in total. The molecule has 5 heteroatoms. The standard InChI is InChI=1S/C17H16N2O3/c1-10-14(16(20)22-2)15(19-17(21)18-10)13-9-5-7-11-6-3-4-8-12(11)13/h3-9,15H,1-2H3,(H2,18,19,21)/t15-/m0/s1. The molecule has 2 aromatic rings. The van der Waals surface area contributed by atoms with Crippen LogP contribution < -0.4 is 10.6 Å². The number of carbonyl (C=O) groups excluding carboxylic acids is 2. The van der Waals surface area contributed by atoms with Crippen LogP contribution in [0.2, 0.25) is 0 Å². The first kappa shape index (κ1) is 14.1. The Balaban J connectivity index is 2.21. The Morgan fingerprint density at radius 2 is 1.86 bits per heavy atom. The lowest BCUT2D eigenvalue weighted by atomic mass is 9.91. The summed E-state index contributed by atoms with van der Waals surface area (Å²) in [5, 5.41) is 7.48. The van der Waals surface area contributed by atoms with E-state index in [0.29, 0.717) is 11.3 Å². The Hall–Kier alpha value is -2.82. The molecule has 0 unspecified atom stereocenters. The summed E-state index contributed by atoms with van der Waals surface area (Å²) < 4.78 is 4.87. The second-order valence-corrected chi connectivity index (χ2v) is 5.13. The molecule has 1 aliphatic heterocycles. The summed E-state index contributed by atoms with van der Waals surface area (Å²) in [6, 6.07) is 12.8. The van der Waals surface area contributed by atoms with E-state index < -0.39 is 12.0 Å². The summed E-state index contributed by atoms with van der Waals surface area (Å²) in [6.07, 6.45) is 0. The summed E-state index contributed by atoms with van der Waals surface area (Å²) >= 11 is 0. The predicted molar refractivity (Wildman–Crippen MR) is 83.1 cm³/mol. The van der Waals surface area contributed by atoms with E-state index in [0.717, 1.165) is 16.3 Å². The number of esters is 1. The third-order valence-corrected chi connectivity index (χ3v) is 3.81. The van der Waals surface area contributed by atoms with Crippen molar-refractivity contribution >= 4 is 22.8 Å². The summed E-state index contributed by atoms with van der Waals surface area (Å²) in [7, 11) is 1.33. The van der Waals surface area contributed by atoms with E-state index in [1.54, 1.807) is 6.92 Å². The minimum absolute atomic E-state index is 0.330. The van der Waals surface area contributed by atoms with Gasteiger partial charge in [0.25, 0.3) is 0 Å². The first-order chi connectivity index (χ1) is 10.6. The van der Waals surface area contributed by atoms with E-state index in [1.165, 1.54) is 7.11 Å². The number of rotatable bonds is 2. The highest BCUT2D eigenvalue weighted by atomic mass is 16.5. The van der Waals surface area contributed by atoms with Gasteiger partial charge in [-0.05, 0) is 23.3 Å². The second-order valence-electron chi connectivity index (χ2n) is 5.13. The summed E-state index contributed by atoms with van der Waals surface area (Å²) in [4.78, 5) is 24.0. The number of methoxy groups -OCH3 is 1. The van der Waals surface area contributed by atoms with Crippen LogP contribution in [0.1, 0.15) is 18.5 Å². The Bertz CT molecular complexity index is 790. The van der Waals surface area contributed by atoms with Crippen molar-refractivity contribution in [3.05, 3.63) is 59.3 Å². The first-order valence-electron chi connectivity index (χ1n) is 6.96. The number of ether oxygens (including phenoxy) is 1. The largest absolute Gasteiger partial charge is 0.466 e. The lowest BCUT2D eigenvalue weighted by molar-refractivity contribution is -0.136. The van der Waals surface area contributed by atoms with Gasteiger partial charge in [0.2, 0.25) is 0 Å². The van der Waals surface area contributed by atoms with Crippen molar-refractivity contribution in [2.75, 3.05) is 7.11 Å². The molecule has 1 heterocycles. The molecule has 1 atom stereocenters. The molecule has 0 saturated carbocycles. The minimum Gasteiger partial charge on any atom is -0.466 e. The van der Waals surface area contributed by atoms with Crippen LogP contribution in [0.3, 0.4) is 0 Å². The molecule has 3 rings (SSSR count). The average molecular weight is 296 g/mol. The SMILES string of the molecule is COC(=O)C1=C(C)NC(=O)N[C@H]1c1cccc2ccccc12. The van der Waals surface area contributed by atoms with Crippen molar-refractivity contribution < 1.29 is 14.3 Å². The van der Waals surface area contributed by atoms with Crippen LogP contribution >= 0.6 is 0 Å². The van der Waals surface area contributed by atoms with Crippen LogP contribution in [-0.4, -0.2) is 19.1 Å². The summed E-state index contributed by atoms with van der Waals surface area (Å²) in [5.41, 5.74) is 1.79. The summed E-state index contributed by atoms with van der Waals surface area (Å²) in [6.45, 7) is 1.70. The van der Waals surface area contributed by atoms with Gasteiger partial charge in [-0.15, -0.1) is 0 Å². The van der Waals surface area contributed by atoms with Gasteiger partial charge in [0, 0.05) is 5.70 Å². The van der Waals surface area contributed by atoms with Crippen LogP contribution in [0.15, 0.2) is 53.7 Å². The Labute approximate surface area is 128 Å². The lowest BCUT2D eigenvalue weighted by Crippen LogP contribution is -2.45. The molecule has 0 fully saturated rings. The van der Waals surface area contributed by atoms with Crippen molar-refractivity contribution in [1.82, 2.24) is 10.6 Å². The van der Waals surface area contributed by atoms with Crippen molar-refractivity contribution in [2.45, 2.75) is 13.0 Å². The molecular formula is C17H16N2O3. The van der Waals surface area contributed by atoms with Crippen molar-refractivity contribution in [3.8, 4) is 0 Å². The topological polar surface area (TPSA) is 67.4 Å². The van der Waals surface area contributed by atoms with Crippen LogP contribution in [0.25, 0.3) is 10.8 Å². The normalized spacial score (nSPS) is 17.9. The van der Waals surface area contributed by atoms with Crippen molar-refractivity contribution in [1.29, 1.82) is 0 Å². The van der Waals surface area contributed by atoms with Crippen LogP contribution in [0.5, 0.6) is 0 Å².